The maximum absolute atomic E-state index is 11.2. The molecule has 0 aromatic rings. The molecule has 0 fully saturated rings. The molecule has 10 nitrogen and oxygen atoms in total. The monoisotopic (exact) mass is 376 g/mol. The van der Waals surface area contributed by atoms with E-state index in [1.165, 1.54) is 13.8 Å². The van der Waals surface area contributed by atoms with Crippen LogP contribution in [0, 0.1) is 0 Å². The molecule has 0 spiro atoms. The van der Waals surface area contributed by atoms with E-state index in [0.717, 1.165) is 0 Å². The molecule has 0 amide bonds. The fourth-order valence-electron chi connectivity index (χ4n) is 1.36. The molecule has 136 valence electrons. The molecule has 0 atom stereocenters. The lowest BCUT2D eigenvalue weighted by Gasteiger charge is -2.05. The molecular formula is C11H20O10S2. The van der Waals surface area contributed by atoms with Crippen molar-refractivity contribution in [2.45, 2.75) is 46.0 Å². The van der Waals surface area contributed by atoms with Gasteiger partial charge in [-0.15, -0.1) is 0 Å². The third-order valence-electron chi connectivity index (χ3n) is 2.18. The van der Waals surface area contributed by atoms with Crippen molar-refractivity contribution in [1.29, 1.82) is 0 Å². The van der Waals surface area contributed by atoms with Crippen molar-refractivity contribution < 1.29 is 43.2 Å². The Hall–Kier alpha value is -1.24. The fraction of sp³-hybridized carbons (Fsp3) is 0.818. The van der Waals surface area contributed by atoms with Crippen molar-refractivity contribution in [3.05, 3.63) is 0 Å². The van der Waals surface area contributed by atoms with Gasteiger partial charge in [0.1, 0.15) is 0 Å². The van der Waals surface area contributed by atoms with Gasteiger partial charge in [0.25, 0.3) is 0 Å². The van der Waals surface area contributed by atoms with Gasteiger partial charge in [0.2, 0.25) is 0 Å². The molecule has 0 aliphatic heterocycles. The van der Waals surface area contributed by atoms with Crippen LogP contribution in [0.2, 0.25) is 0 Å². The molecule has 0 saturated carbocycles. The lowest BCUT2D eigenvalue weighted by atomic mass is 10.1. The van der Waals surface area contributed by atoms with Gasteiger partial charge in [-0.2, -0.15) is 16.8 Å². The van der Waals surface area contributed by atoms with E-state index in [0.29, 0.717) is 6.42 Å². The van der Waals surface area contributed by atoms with Crippen molar-refractivity contribution >= 4 is 32.7 Å². The predicted octanol–water partition coefficient (Wildman–Crippen LogP) is 0.586. The molecule has 0 saturated heterocycles. The number of carbonyl (C=O) groups is 2. The van der Waals surface area contributed by atoms with Crippen LogP contribution in [0.5, 0.6) is 0 Å². The first kappa shape index (κ1) is 21.8. The van der Waals surface area contributed by atoms with Gasteiger partial charge in [0.05, 0.1) is 13.2 Å². The average molecular weight is 376 g/mol. The highest BCUT2D eigenvalue weighted by Gasteiger charge is 2.18. The van der Waals surface area contributed by atoms with Crippen LogP contribution in [-0.4, -0.2) is 42.0 Å². The van der Waals surface area contributed by atoms with Gasteiger partial charge in [-0.25, -0.2) is 8.37 Å². The number of unbranched alkanes of at least 4 members (excludes halogenated alkanes) is 2. The molecule has 0 aliphatic carbocycles. The average Bonchev–Trinajstić information content (AvgIpc) is 2.36. The second-order valence-corrected chi connectivity index (χ2v) is 6.54. The number of hydrogen-bond donors (Lipinski definition) is 0. The normalized spacial score (nSPS) is 11.9. The Labute approximate surface area is 135 Å². The highest BCUT2D eigenvalue weighted by molar-refractivity contribution is 7.82. The highest BCUT2D eigenvalue weighted by Crippen LogP contribution is 2.08. The van der Waals surface area contributed by atoms with Crippen LogP contribution in [0.4, 0.5) is 0 Å². The van der Waals surface area contributed by atoms with E-state index < -0.39 is 32.7 Å². The number of carbonyl (C=O) groups excluding carboxylic acids is 2. The summed E-state index contributed by atoms with van der Waals surface area (Å²) in [4.78, 5) is 22.4. The van der Waals surface area contributed by atoms with Crippen LogP contribution >= 0.6 is 0 Å². The lowest BCUT2D eigenvalue weighted by Crippen LogP contribution is -2.16. The zero-order valence-corrected chi connectivity index (χ0v) is 14.5. The van der Waals surface area contributed by atoms with Crippen LogP contribution in [0.1, 0.15) is 46.0 Å². The van der Waals surface area contributed by atoms with E-state index in [1.807, 2.05) is 0 Å². The smallest absolute Gasteiger partial charge is 0.325 e. The maximum Gasteiger partial charge on any atom is 0.451 e. The minimum atomic E-state index is -4.32. The predicted molar refractivity (Wildman–Crippen MR) is 76.4 cm³/mol. The van der Waals surface area contributed by atoms with Crippen LogP contribution in [0.25, 0.3) is 0 Å². The van der Waals surface area contributed by atoms with E-state index in [-0.39, 0.29) is 38.9 Å². The van der Waals surface area contributed by atoms with Gasteiger partial charge < -0.3 is 8.37 Å². The summed E-state index contributed by atoms with van der Waals surface area (Å²) in [6, 6.07) is 0. The molecule has 0 aliphatic rings. The van der Waals surface area contributed by atoms with Crippen molar-refractivity contribution in [2.24, 2.45) is 0 Å². The summed E-state index contributed by atoms with van der Waals surface area (Å²) in [6.07, 6.45) is 0.517. The van der Waals surface area contributed by atoms with Crippen LogP contribution < -0.4 is 0 Å². The number of hydrogen-bond acceptors (Lipinski definition) is 10. The van der Waals surface area contributed by atoms with Crippen LogP contribution in [0.15, 0.2) is 0 Å². The summed E-state index contributed by atoms with van der Waals surface area (Å²) >= 11 is 0. The third-order valence-corrected chi connectivity index (χ3v) is 4.00. The first-order valence-electron chi connectivity index (χ1n) is 6.85. The van der Waals surface area contributed by atoms with Gasteiger partial charge in [-0.1, -0.05) is 6.42 Å². The van der Waals surface area contributed by atoms with E-state index in [4.69, 9.17) is 0 Å². The minimum absolute atomic E-state index is 0.150. The molecule has 0 unspecified atom stereocenters. The van der Waals surface area contributed by atoms with Crippen molar-refractivity contribution in [1.82, 2.24) is 0 Å². The summed E-state index contributed by atoms with van der Waals surface area (Å²) in [5.41, 5.74) is 0. The molecule has 0 radical (unpaired) electrons. The van der Waals surface area contributed by atoms with E-state index >= 15 is 0 Å². The summed E-state index contributed by atoms with van der Waals surface area (Å²) in [6.45, 7) is 2.55. The van der Waals surface area contributed by atoms with Crippen LogP contribution in [0.3, 0.4) is 0 Å². The Bertz CT molecular complexity index is 526. The summed E-state index contributed by atoms with van der Waals surface area (Å²) in [5.74, 6) is -1.94. The molecule has 23 heavy (non-hydrogen) atoms. The van der Waals surface area contributed by atoms with Gasteiger partial charge in [-0.3, -0.25) is 9.59 Å². The molecule has 0 aromatic heterocycles. The van der Waals surface area contributed by atoms with E-state index in [1.54, 1.807) is 0 Å². The van der Waals surface area contributed by atoms with E-state index in [2.05, 4.69) is 16.7 Å². The molecule has 0 N–H and O–H groups in total. The second-order valence-electron chi connectivity index (χ2n) is 4.10. The van der Waals surface area contributed by atoms with Gasteiger partial charge in [-0.05, 0) is 26.7 Å². The Morgan fingerprint density at radius 1 is 0.696 bits per heavy atom. The summed E-state index contributed by atoms with van der Waals surface area (Å²) in [5, 5.41) is 0. The Balaban J connectivity index is 3.89. The molecule has 0 aromatic carbocycles. The van der Waals surface area contributed by atoms with Gasteiger partial charge in [0.15, 0.2) is 0 Å². The van der Waals surface area contributed by atoms with E-state index in [9.17, 15) is 26.4 Å². The second kappa shape index (κ2) is 10.5. The van der Waals surface area contributed by atoms with Crippen LogP contribution in [-0.2, 0) is 47.1 Å². The number of rotatable bonds is 12. The Morgan fingerprint density at radius 2 is 1.04 bits per heavy atom. The maximum atomic E-state index is 11.2. The Morgan fingerprint density at radius 3 is 1.35 bits per heavy atom. The zero-order valence-electron chi connectivity index (χ0n) is 12.8. The zero-order chi connectivity index (χ0) is 17.9. The molecule has 0 bridgehead atoms. The van der Waals surface area contributed by atoms with Gasteiger partial charge >= 0.3 is 32.7 Å². The van der Waals surface area contributed by atoms with Crippen molar-refractivity contribution in [2.75, 3.05) is 13.2 Å². The molecule has 0 rings (SSSR count). The van der Waals surface area contributed by atoms with Crippen molar-refractivity contribution in [3.63, 3.8) is 0 Å². The first-order valence-corrected chi connectivity index (χ1v) is 9.52. The SMILES string of the molecule is CCOS(=O)(=O)OC(=O)CCCCCC(=O)OS(=O)(=O)OCC. The largest absolute Gasteiger partial charge is 0.451 e. The third kappa shape index (κ3) is 11.9. The van der Waals surface area contributed by atoms with Crippen molar-refractivity contribution in [3.8, 4) is 0 Å². The lowest BCUT2D eigenvalue weighted by molar-refractivity contribution is -0.135. The quantitative estimate of drug-likeness (QED) is 0.444. The summed E-state index contributed by atoms with van der Waals surface area (Å²) < 4.78 is 60.7. The summed E-state index contributed by atoms with van der Waals surface area (Å²) in [7, 11) is -8.63. The molecular weight excluding hydrogens is 356 g/mol. The van der Waals surface area contributed by atoms with Gasteiger partial charge in [0, 0.05) is 12.8 Å². The topological polar surface area (TPSA) is 139 Å². The highest BCUT2D eigenvalue weighted by atomic mass is 32.3. The first-order chi connectivity index (χ1) is 10.6. The molecule has 0 heterocycles. The fourth-order valence-corrected chi connectivity index (χ4v) is 2.66. The Kier molecular flexibility index (Phi) is 9.95. The molecule has 12 heteroatoms. The standard InChI is InChI=1S/C11H20O10S2/c1-3-18-22(14,15)20-10(12)8-6-5-7-9-11(13)21-23(16,17)19-4-2/h3-9H2,1-2H3. The minimum Gasteiger partial charge on any atom is -0.325 e.